The molecule has 0 spiro atoms. The molecule has 2 heterocycles. The van der Waals surface area contributed by atoms with E-state index < -0.39 is 5.97 Å². The molecule has 0 aliphatic heterocycles. The van der Waals surface area contributed by atoms with Gasteiger partial charge in [0.15, 0.2) is 16.4 Å². The molecule has 0 saturated heterocycles. The van der Waals surface area contributed by atoms with E-state index >= 15 is 0 Å². The molecule has 0 amide bonds. The molecule has 0 radical (unpaired) electrons. The molecule has 2 rings (SSSR count). The molecule has 0 fully saturated rings. The van der Waals surface area contributed by atoms with Gasteiger partial charge >= 0.3 is 5.97 Å². The highest BCUT2D eigenvalue weighted by atomic mass is 32.2. The molecule has 33 heavy (non-hydrogen) atoms. The van der Waals surface area contributed by atoms with E-state index in [1.165, 1.54) is 63.1 Å². The van der Waals surface area contributed by atoms with Crippen LogP contribution in [-0.2, 0) is 10.3 Å². The van der Waals surface area contributed by atoms with E-state index in [1.807, 2.05) is 10.9 Å². The molecule has 8 heteroatoms. The molecule has 0 N–H and O–H groups in total. The predicted octanol–water partition coefficient (Wildman–Crippen LogP) is 6.78. The Morgan fingerprint density at radius 2 is 1.52 bits per heavy atom. The van der Waals surface area contributed by atoms with Crippen LogP contribution in [0.3, 0.4) is 0 Å². The summed E-state index contributed by atoms with van der Waals surface area (Å²) in [7, 11) is 0. The van der Waals surface area contributed by atoms with Crippen LogP contribution in [0, 0.1) is 0 Å². The number of hydrogen-bond acceptors (Lipinski definition) is 7. The third kappa shape index (κ3) is 8.16. The maximum absolute atomic E-state index is 12.5. The first-order valence-corrected chi connectivity index (χ1v) is 13.7. The van der Waals surface area contributed by atoms with Crippen LogP contribution in [-0.4, -0.2) is 45.2 Å². The Morgan fingerprint density at radius 1 is 0.909 bits per heavy atom. The van der Waals surface area contributed by atoms with Gasteiger partial charge in [-0.25, -0.2) is 19.4 Å². The van der Waals surface area contributed by atoms with E-state index in [0.717, 1.165) is 12.8 Å². The van der Waals surface area contributed by atoms with E-state index in [2.05, 4.69) is 42.8 Å². The predicted molar refractivity (Wildman–Crippen MR) is 135 cm³/mol. The topological polar surface area (TPSA) is 79.1 Å². The van der Waals surface area contributed by atoms with Crippen LogP contribution < -0.4 is 4.74 Å². The largest absolute Gasteiger partial charge is 0.476 e. The average molecular weight is 479 g/mol. The molecule has 0 aliphatic rings. The van der Waals surface area contributed by atoms with Crippen molar-refractivity contribution in [3.05, 3.63) is 5.69 Å². The Balaban J connectivity index is 2.05. The summed E-state index contributed by atoms with van der Waals surface area (Å²) in [6.45, 7) is 11.1. The number of fused-ring (bicyclic) bond motifs is 1. The second kappa shape index (κ2) is 13.8. The van der Waals surface area contributed by atoms with Crippen LogP contribution in [0.4, 0.5) is 0 Å². The number of rotatable bonds is 15. The maximum atomic E-state index is 12.5. The van der Waals surface area contributed by atoms with Crippen molar-refractivity contribution in [2.75, 3.05) is 19.5 Å². The van der Waals surface area contributed by atoms with Gasteiger partial charge in [0.05, 0.1) is 18.8 Å². The zero-order valence-corrected chi connectivity index (χ0v) is 22.2. The first-order chi connectivity index (χ1) is 15.8. The number of thioether (sulfide) groups is 1. The number of esters is 1. The Labute approximate surface area is 203 Å². The fraction of sp³-hybridized carbons (Fsp3) is 0.760. The van der Waals surface area contributed by atoms with Gasteiger partial charge < -0.3 is 9.47 Å². The van der Waals surface area contributed by atoms with E-state index in [1.54, 1.807) is 6.92 Å². The summed E-state index contributed by atoms with van der Waals surface area (Å²) in [6, 6.07) is 0. The summed E-state index contributed by atoms with van der Waals surface area (Å²) in [4.78, 5) is 21.6. The summed E-state index contributed by atoms with van der Waals surface area (Å²) in [5.41, 5.74) is 0.857. The SMILES string of the molecule is CCCCCCCCCCCCOc1c2nc(SC)nc(C(=O)OCC)c2nn1C(C)(C)C. The second-order valence-corrected chi connectivity index (χ2v) is 10.2. The number of unbranched alkanes of at least 4 members (excludes halogenated alkanes) is 9. The van der Waals surface area contributed by atoms with Crippen molar-refractivity contribution in [1.82, 2.24) is 19.7 Å². The van der Waals surface area contributed by atoms with Gasteiger partial charge in [0, 0.05) is 0 Å². The van der Waals surface area contributed by atoms with Crippen LogP contribution in [0.25, 0.3) is 11.0 Å². The van der Waals surface area contributed by atoms with Gasteiger partial charge in [0.2, 0.25) is 5.88 Å². The van der Waals surface area contributed by atoms with Crippen molar-refractivity contribution in [3.63, 3.8) is 0 Å². The zero-order chi connectivity index (χ0) is 24.3. The van der Waals surface area contributed by atoms with Gasteiger partial charge in [-0.1, -0.05) is 76.5 Å². The highest BCUT2D eigenvalue weighted by Crippen LogP contribution is 2.32. The minimum absolute atomic E-state index is 0.193. The molecule has 0 unspecified atom stereocenters. The van der Waals surface area contributed by atoms with Crippen molar-refractivity contribution >= 4 is 28.8 Å². The second-order valence-electron chi connectivity index (χ2n) is 9.39. The number of hydrogen-bond donors (Lipinski definition) is 0. The van der Waals surface area contributed by atoms with Gasteiger partial charge in [-0.05, 0) is 40.4 Å². The Hall–Kier alpha value is -1.83. The van der Waals surface area contributed by atoms with Crippen molar-refractivity contribution in [2.45, 2.75) is 110 Å². The quantitative estimate of drug-likeness (QED) is 0.121. The third-order valence-corrected chi connectivity index (χ3v) is 6.03. The Bertz CT molecular complexity index is 877. The Kier molecular flexibility index (Phi) is 11.4. The van der Waals surface area contributed by atoms with Crippen LogP contribution in [0.15, 0.2) is 5.16 Å². The molecule has 2 aromatic rings. The molecular formula is C25H42N4O3S. The van der Waals surface area contributed by atoms with E-state index in [0.29, 0.717) is 28.7 Å². The highest BCUT2D eigenvalue weighted by Gasteiger charge is 2.28. The number of carbonyl (C=O) groups excluding carboxylic acids is 1. The van der Waals surface area contributed by atoms with Gasteiger partial charge in [0.25, 0.3) is 0 Å². The summed E-state index contributed by atoms with van der Waals surface area (Å²) in [5.74, 6) is 0.108. The summed E-state index contributed by atoms with van der Waals surface area (Å²) in [6.07, 6.45) is 14.6. The minimum Gasteiger partial charge on any atom is -0.476 e. The Morgan fingerprint density at radius 3 is 2.06 bits per heavy atom. The lowest BCUT2D eigenvalue weighted by molar-refractivity contribution is 0.0520. The molecule has 2 aromatic heterocycles. The van der Waals surface area contributed by atoms with Crippen molar-refractivity contribution in [1.29, 1.82) is 0 Å². The van der Waals surface area contributed by atoms with Crippen LogP contribution in [0.2, 0.25) is 0 Å². The molecule has 0 bridgehead atoms. The normalized spacial score (nSPS) is 11.8. The fourth-order valence-electron chi connectivity index (χ4n) is 3.70. The van der Waals surface area contributed by atoms with Gasteiger partial charge in [0.1, 0.15) is 5.52 Å². The molecule has 7 nitrogen and oxygen atoms in total. The van der Waals surface area contributed by atoms with Crippen LogP contribution >= 0.6 is 11.8 Å². The van der Waals surface area contributed by atoms with Gasteiger partial charge in [-0.2, -0.15) is 5.10 Å². The third-order valence-electron chi connectivity index (χ3n) is 5.48. The van der Waals surface area contributed by atoms with Crippen molar-refractivity contribution in [3.8, 4) is 5.88 Å². The van der Waals surface area contributed by atoms with E-state index in [-0.39, 0.29) is 17.8 Å². The van der Waals surface area contributed by atoms with Crippen LogP contribution in [0.5, 0.6) is 5.88 Å². The average Bonchev–Trinajstić information content (AvgIpc) is 3.16. The van der Waals surface area contributed by atoms with Gasteiger partial charge in [-0.3, -0.25) is 0 Å². The number of aromatic nitrogens is 4. The number of nitrogens with zero attached hydrogens (tertiary/aromatic N) is 4. The molecule has 186 valence electrons. The highest BCUT2D eigenvalue weighted by molar-refractivity contribution is 7.98. The fourth-order valence-corrected chi connectivity index (χ4v) is 4.06. The van der Waals surface area contributed by atoms with E-state index in [9.17, 15) is 4.79 Å². The van der Waals surface area contributed by atoms with Gasteiger partial charge in [-0.15, -0.1) is 0 Å². The lowest BCUT2D eigenvalue weighted by atomic mass is 10.1. The summed E-state index contributed by atoms with van der Waals surface area (Å²) >= 11 is 1.38. The molecule has 0 saturated carbocycles. The molecule has 0 atom stereocenters. The summed E-state index contributed by atoms with van der Waals surface area (Å²) in [5, 5.41) is 5.19. The number of carbonyl (C=O) groups is 1. The van der Waals surface area contributed by atoms with Crippen molar-refractivity contribution < 1.29 is 14.3 Å². The first kappa shape index (κ1) is 27.4. The zero-order valence-electron chi connectivity index (χ0n) is 21.4. The van der Waals surface area contributed by atoms with E-state index in [4.69, 9.17) is 9.47 Å². The molecule has 0 aliphatic carbocycles. The minimum atomic E-state index is -0.486. The lowest BCUT2D eigenvalue weighted by Crippen LogP contribution is -2.24. The molecule has 0 aromatic carbocycles. The lowest BCUT2D eigenvalue weighted by Gasteiger charge is -2.21. The standard InChI is InChI=1S/C25H42N4O3S/c1-7-9-10-11-12-13-14-15-16-17-18-32-22-20-19(28-29(22)25(3,4)5)21(23(30)31-8-2)27-24(26-20)33-6/h7-18H2,1-6H3. The van der Waals surface area contributed by atoms with Crippen molar-refractivity contribution in [2.24, 2.45) is 0 Å². The monoisotopic (exact) mass is 478 g/mol. The smallest absolute Gasteiger partial charge is 0.359 e. The first-order valence-electron chi connectivity index (χ1n) is 12.5. The van der Waals surface area contributed by atoms with Crippen LogP contribution in [0.1, 0.15) is 109 Å². The summed E-state index contributed by atoms with van der Waals surface area (Å²) < 4.78 is 13.3. The number of ether oxygens (including phenoxy) is 2. The maximum Gasteiger partial charge on any atom is 0.359 e. The molecular weight excluding hydrogens is 436 g/mol.